The fourth-order valence-electron chi connectivity index (χ4n) is 4.78. The number of piperidine rings is 1. The largest absolute Gasteiger partial charge is 0.384 e. The lowest BCUT2D eigenvalue weighted by atomic mass is 9.96. The van der Waals surface area contributed by atoms with Crippen LogP contribution in [0.1, 0.15) is 28.9 Å². The van der Waals surface area contributed by atoms with Gasteiger partial charge in [-0.25, -0.2) is 9.97 Å². The van der Waals surface area contributed by atoms with Crippen LogP contribution in [0.2, 0.25) is 5.02 Å². The van der Waals surface area contributed by atoms with E-state index in [-0.39, 0.29) is 11.8 Å². The molecule has 5 aromatic heterocycles. The maximum atomic E-state index is 13.1. The number of carbonyl (C=O) groups is 1. The fourth-order valence-corrected chi connectivity index (χ4v) is 4.98. The highest BCUT2D eigenvalue weighted by atomic mass is 35.5. The van der Waals surface area contributed by atoms with Gasteiger partial charge in [0.15, 0.2) is 0 Å². The van der Waals surface area contributed by atoms with E-state index in [2.05, 4.69) is 31.9 Å². The van der Waals surface area contributed by atoms with E-state index < -0.39 is 0 Å². The number of anilines is 1. The number of likely N-dealkylation sites (tertiary alicyclic amines) is 1. The number of aryl methyl sites for hydroxylation is 1. The van der Waals surface area contributed by atoms with E-state index in [1.54, 1.807) is 41.5 Å². The third-order valence-corrected chi connectivity index (χ3v) is 7.24. The molecule has 9 nitrogen and oxygen atoms in total. The topological polar surface area (TPSA) is 116 Å². The van der Waals surface area contributed by atoms with Gasteiger partial charge in [-0.2, -0.15) is 5.10 Å². The van der Waals surface area contributed by atoms with Crippen LogP contribution in [0.25, 0.3) is 33.4 Å². The van der Waals surface area contributed by atoms with Crippen molar-refractivity contribution in [3.63, 3.8) is 0 Å². The summed E-state index contributed by atoms with van der Waals surface area (Å²) in [5, 5.41) is 5.63. The highest BCUT2D eigenvalue weighted by molar-refractivity contribution is 6.33. The van der Waals surface area contributed by atoms with Gasteiger partial charge in [0.05, 0.1) is 33.7 Å². The third-order valence-electron chi connectivity index (χ3n) is 6.94. The number of hydrogen-bond acceptors (Lipinski definition) is 7. The maximum Gasteiger partial charge on any atom is 0.255 e. The zero-order chi connectivity index (χ0) is 27.6. The molecule has 0 saturated carbocycles. The summed E-state index contributed by atoms with van der Waals surface area (Å²) in [6, 6.07) is 11.1. The molecule has 0 aromatic carbocycles. The molecule has 1 saturated heterocycles. The molecular formula is C30H25ClN8O. The van der Waals surface area contributed by atoms with E-state index in [4.69, 9.17) is 22.3 Å². The Hall–Kier alpha value is -4.81. The number of fused-ring (bicyclic) bond motifs is 1. The first kappa shape index (κ1) is 25.5. The number of hydrogen-bond donors (Lipinski definition) is 1. The maximum absolute atomic E-state index is 13.1. The number of rotatable bonds is 3. The molecular weight excluding hydrogens is 524 g/mol. The number of amides is 1. The highest BCUT2D eigenvalue weighted by Gasteiger charge is 2.23. The molecule has 40 heavy (non-hydrogen) atoms. The number of nitrogen functional groups attached to an aromatic ring is 1. The number of aromatic nitrogens is 6. The van der Waals surface area contributed by atoms with Gasteiger partial charge in [0.25, 0.3) is 5.91 Å². The molecule has 0 radical (unpaired) electrons. The number of nitrogens with zero attached hydrogens (tertiary/aromatic N) is 7. The molecule has 1 amide bonds. The van der Waals surface area contributed by atoms with Crippen LogP contribution >= 0.6 is 11.6 Å². The van der Waals surface area contributed by atoms with Crippen molar-refractivity contribution >= 4 is 34.2 Å². The summed E-state index contributed by atoms with van der Waals surface area (Å²) in [6.07, 6.45) is 10.1. The average molecular weight is 549 g/mol. The molecule has 10 heteroatoms. The van der Waals surface area contributed by atoms with Crippen LogP contribution in [0.5, 0.6) is 0 Å². The Morgan fingerprint density at radius 1 is 1.05 bits per heavy atom. The van der Waals surface area contributed by atoms with Crippen molar-refractivity contribution in [2.45, 2.75) is 12.8 Å². The molecule has 2 N–H and O–H groups in total. The summed E-state index contributed by atoms with van der Waals surface area (Å²) in [5.41, 5.74) is 10.9. The van der Waals surface area contributed by atoms with Gasteiger partial charge in [-0.05, 0) is 55.2 Å². The lowest BCUT2D eigenvalue weighted by molar-refractivity contribution is 0.0707. The first-order chi connectivity index (χ1) is 19.4. The summed E-state index contributed by atoms with van der Waals surface area (Å²) in [5.74, 6) is 7.20. The van der Waals surface area contributed by atoms with Gasteiger partial charge in [0.2, 0.25) is 0 Å². The number of halogens is 1. The summed E-state index contributed by atoms with van der Waals surface area (Å²) >= 11 is 6.24. The SMILES string of the molecule is Cn1cc(-c2cc3ncccc3c(C#CC3CCN(C(=O)c4ccc(-c5cc(N)ncc5Cl)nc4)CC3)n2)cn1. The van der Waals surface area contributed by atoms with Crippen LogP contribution in [0.3, 0.4) is 0 Å². The van der Waals surface area contributed by atoms with Gasteiger partial charge < -0.3 is 10.6 Å². The predicted octanol–water partition coefficient (Wildman–Crippen LogP) is 4.63. The minimum absolute atomic E-state index is 0.0475. The van der Waals surface area contributed by atoms with Crippen LogP contribution < -0.4 is 5.73 Å². The smallest absolute Gasteiger partial charge is 0.255 e. The number of nitrogens with two attached hydrogens (primary N) is 1. The van der Waals surface area contributed by atoms with Gasteiger partial charge in [-0.3, -0.25) is 19.4 Å². The van der Waals surface area contributed by atoms with Gasteiger partial charge in [-0.15, -0.1) is 0 Å². The zero-order valence-electron chi connectivity index (χ0n) is 21.8. The number of carbonyl (C=O) groups excluding carboxylic acids is 1. The van der Waals surface area contributed by atoms with E-state index >= 15 is 0 Å². The van der Waals surface area contributed by atoms with E-state index in [9.17, 15) is 4.79 Å². The van der Waals surface area contributed by atoms with Crippen molar-refractivity contribution in [2.24, 2.45) is 13.0 Å². The van der Waals surface area contributed by atoms with Crippen LogP contribution in [0.15, 0.2) is 67.4 Å². The minimum atomic E-state index is -0.0475. The Bertz CT molecular complexity index is 1780. The summed E-state index contributed by atoms with van der Waals surface area (Å²) in [6.45, 7) is 1.25. The summed E-state index contributed by atoms with van der Waals surface area (Å²) in [4.78, 5) is 32.8. The fraction of sp³-hybridized carbons (Fsp3) is 0.200. The molecule has 1 fully saturated rings. The Kier molecular flexibility index (Phi) is 6.84. The summed E-state index contributed by atoms with van der Waals surface area (Å²) in [7, 11) is 1.88. The molecule has 198 valence electrons. The van der Waals surface area contributed by atoms with Gasteiger partial charge in [0, 0.05) is 67.4 Å². The van der Waals surface area contributed by atoms with Crippen LogP contribution in [0.4, 0.5) is 5.82 Å². The Balaban J connectivity index is 1.15. The monoisotopic (exact) mass is 548 g/mol. The van der Waals surface area contributed by atoms with E-state index in [0.29, 0.717) is 46.4 Å². The zero-order valence-corrected chi connectivity index (χ0v) is 22.5. The second-order valence-corrected chi connectivity index (χ2v) is 10.1. The molecule has 6 rings (SSSR count). The first-order valence-electron chi connectivity index (χ1n) is 12.9. The third kappa shape index (κ3) is 5.22. The lowest BCUT2D eigenvalue weighted by Crippen LogP contribution is -2.38. The molecule has 0 unspecified atom stereocenters. The standard InChI is InChI=1S/C30H25ClN8O/c1-38-18-21(16-36-38)27-14-28-22(3-2-10-33-28)26(37-27)6-4-19-8-11-39(12-9-19)30(40)20-5-7-25(34-15-20)23-13-29(32)35-17-24(23)31/h2-3,5,7,10,13-19H,8-9,11-12H2,1H3,(H2,32,35). The summed E-state index contributed by atoms with van der Waals surface area (Å²) < 4.78 is 1.75. The predicted molar refractivity (Wildman–Crippen MR) is 154 cm³/mol. The Labute approximate surface area is 236 Å². The molecule has 1 aliphatic rings. The molecule has 0 bridgehead atoms. The van der Waals surface area contributed by atoms with Crippen molar-refractivity contribution < 1.29 is 4.79 Å². The molecule has 1 aliphatic heterocycles. The molecule has 6 heterocycles. The number of pyridine rings is 4. The van der Waals surface area contributed by atoms with Crippen LogP contribution in [-0.4, -0.2) is 53.6 Å². The molecule has 5 aromatic rings. The molecule has 0 aliphatic carbocycles. The quantitative estimate of drug-likeness (QED) is 0.327. The lowest BCUT2D eigenvalue weighted by Gasteiger charge is -2.29. The van der Waals surface area contributed by atoms with Crippen molar-refractivity contribution in [1.82, 2.24) is 34.6 Å². The van der Waals surface area contributed by atoms with Gasteiger partial charge in [0.1, 0.15) is 11.5 Å². The first-order valence-corrected chi connectivity index (χ1v) is 13.3. The van der Waals surface area contributed by atoms with Crippen molar-refractivity contribution in [2.75, 3.05) is 18.8 Å². The van der Waals surface area contributed by atoms with Gasteiger partial charge in [-0.1, -0.05) is 17.5 Å². The van der Waals surface area contributed by atoms with Crippen LogP contribution in [-0.2, 0) is 7.05 Å². The second kappa shape index (κ2) is 10.8. The highest BCUT2D eigenvalue weighted by Crippen LogP contribution is 2.28. The van der Waals surface area contributed by atoms with Crippen LogP contribution in [0, 0.1) is 17.8 Å². The van der Waals surface area contributed by atoms with Crippen molar-refractivity contribution in [3.05, 3.63) is 83.7 Å². The van der Waals surface area contributed by atoms with Crippen molar-refractivity contribution in [3.8, 4) is 34.4 Å². The van der Waals surface area contributed by atoms with E-state index in [0.717, 1.165) is 35.0 Å². The Morgan fingerprint density at radius 3 is 2.65 bits per heavy atom. The molecule has 0 atom stereocenters. The van der Waals surface area contributed by atoms with E-state index in [1.807, 2.05) is 36.3 Å². The normalized spacial score (nSPS) is 13.7. The second-order valence-electron chi connectivity index (χ2n) is 9.69. The van der Waals surface area contributed by atoms with Gasteiger partial charge >= 0.3 is 0 Å². The molecule has 0 spiro atoms. The average Bonchev–Trinajstić information content (AvgIpc) is 3.43. The minimum Gasteiger partial charge on any atom is -0.384 e. The van der Waals surface area contributed by atoms with E-state index in [1.165, 1.54) is 6.20 Å². The van der Waals surface area contributed by atoms with Crippen molar-refractivity contribution in [1.29, 1.82) is 0 Å². The Morgan fingerprint density at radius 2 is 1.90 bits per heavy atom.